The van der Waals surface area contributed by atoms with E-state index in [0.29, 0.717) is 19.7 Å². The number of carbonyl (C=O) groups is 1. The van der Waals surface area contributed by atoms with Gasteiger partial charge in [-0.15, -0.1) is 0 Å². The Kier molecular flexibility index (Phi) is 7.93. The quantitative estimate of drug-likeness (QED) is 0.658. The lowest BCUT2D eigenvalue weighted by atomic mass is 10.1. The van der Waals surface area contributed by atoms with Gasteiger partial charge in [-0.3, -0.25) is 4.90 Å². The van der Waals surface area contributed by atoms with Crippen LogP contribution in [0.1, 0.15) is 31.4 Å². The van der Waals surface area contributed by atoms with Crippen molar-refractivity contribution in [3.8, 4) is 5.75 Å². The van der Waals surface area contributed by atoms with Crippen molar-refractivity contribution in [3.63, 3.8) is 0 Å². The van der Waals surface area contributed by atoms with E-state index >= 15 is 0 Å². The molecule has 30 heavy (non-hydrogen) atoms. The largest absolute Gasteiger partial charge is 0.497 e. The van der Waals surface area contributed by atoms with Crippen LogP contribution in [0.25, 0.3) is 0 Å². The normalized spacial score (nSPS) is 19.6. The first kappa shape index (κ1) is 22.8. The maximum absolute atomic E-state index is 12.9. The zero-order chi connectivity index (χ0) is 21.6. The van der Waals surface area contributed by atoms with Gasteiger partial charge >= 0.3 is 6.09 Å². The summed E-state index contributed by atoms with van der Waals surface area (Å²) in [4.78, 5) is 15.7. The van der Waals surface area contributed by atoms with Crippen molar-refractivity contribution >= 4 is 16.3 Å². The molecule has 2 heterocycles. The summed E-state index contributed by atoms with van der Waals surface area (Å²) in [6.45, 7) is 5.39. The summed E-state index contributed by atoms with van der Waals surface area (Å²) in [6.07, 6.45) is 1.83. The second kappa shape index (κ2) is 10.4. The zero-order valence-electron chi connectivity index (χ0n) is 17.7. The van der Waals surface area contributed by atoms with Crippen molar-refractivity contribution < 1.29 is 22.7 Å². The summed E-state index contributed by atoms with van der Waals surface area (Å²) < 4.78 is 40.3. The Morgan fingerprint density at radius 3 is 2.47 bits per heavy atom. The van der Waals surface area contributed by atoms with Gasteiger partial charge in [-0.25, -0.2) is 9.52 Å². The Hall–Kier alpha value is -1.88. The summed E-state index contributed by atoms with van der Waals surface area (Å²) in [7, 11) is -2.02. The molecule has 0 bridgehead atoms. The summed E-state index contributed by atoms with van der Waals surface area (Å²) in [6, 6.07) is 7.74. The van der Waals surface area contributed by atoms with Crippen LogP contribution in [0.3, 0.4) is 0 Å². The summed E-state index contributed by atoms with van der Waals surface area (Å²) in [5.74, 6) is 0.759. The third-order valence-electron chi connectivity index (χ3n) is 5.62. The number of carbonyl (C=O) groups excluding carboxylic acids is 1. The van der Waals surface area contributed by atoms with Crippen molar-refractivity contribution in [3.05, 3.63) is 29.8 Å². The molecule has 0 aliphatic carbocycles. The van der Waals surface area contributed by atoms with Crippen molar-refractivity contribution in [1.29, 1.82) is 0 Å². The van der Waals surface area contributed by atoms with Crippen LogP contribution in [-0.4, -0.2) is 88.1 Å². The van der Waals surface area contributed by atoms with E-state index in [1.165, 1.54) is 4.31 Å². The van der Waals surface area contributed by atoms with E-state index in [0.717, 1.165) is 37.2 Å². The average Bonchev–Trinajstić information content (AvgIpc) is 3.29. The molecule has 1 amide bonds. The molecule has 2 aliphatic heterocycles. The second-order valence-corrected chi connectivity index (χ2v) is 9.23. The molecule has 1 N–H and O–H groups in total. The molecule has 168 valence electrons. The minimum Gasteiger partial charge on any atom is -0.497 e. The number of ether oxygens (including phenoxy) is 2. The van der Waals surface area contributed by atoms with Crippen LogP contribution in [0.2, 0.25) is 0 Å². The van der Waals surface area contributed by atoms with E-state index in [2.05, 4.69) is 9.62 Å². The fraction of sp³-hybridized carbons (Fsp3) is 0.650. The summed E-state index contributed by atoms with van der Waals surface area (Å²) >= 11 is 0. The monoisotopic (exact) mass is 440 g/mol. The van der Waals surface area contributed by atoms with Gasteiger partial charge in [0.25, 0.3) is 10.2 Å². The smallest absolute Gasteiger partial charge is 0.409 e. The number of nitrogens with zero attached hydrogens (tertiary/aromatic N) is 3. The standard InChI is InChI=1S/C20H32N4O5S/c1-3-29-20(25)23-11-13-24(14-12-23)30(26,27)21-16-19(22-9-4-5-10-22)17-7-6-8-18(15-17)28-2/h6-8,15,19,21H,3-5,9-14,16H2,1-2H3/t19-/m1/s1. The van der Waals surface area contributed by atoms with E-state index in [4.69, 9.17) is 9.47 Å². The predicted octanol–water partition coefficient (Wildman–Crippen LogP) is 1.44. The Morgan fingerprint density at radius 1 is 1.13 bits per heavy atom. The van der Waals surface area contributed by atoms with Crippen LogP contribution in [0.15, 0.2) is 24.3 Å². The molecule has 0 spiro atoms. The van der Waals surface area contributed by atoms with E-state index in [9.17, 15) is 13.2 Å². The molecule has 0 saturated carbocycles. The maximum Gasteiger partial charge on any atom is 0.409 e. The number of methoxy groups -OCH3 is 1. The van der Waals surface area contributed by atoms with Gasteiger partial charge in [0.2, 0.25) is 0 Å². The highest BCUT2D eigenvalue weighted by Crippen LogP contribution is 2.27. The summed E-state index contributed by atoms with van der Waals surface area (Å²) in [5.41, 5.74) is 1.03. The Bertz CT molecular complexity index is 805. The number of nitrogens with one attached hydrogen (secondary N) is 1. The minimum absolute atomic E-state index is 0.0572. The van der Waals surface area contributed by atoms with Crippen molar-refractivity contribution in [1.82, 2.24) is 18.8 Å². The van der Waals surface area contributed by atoms with Crippen molar-refractivity contribution in [2.45, 2.75) is 25.8 Å². The number of hydrogen-bond acceptors (Lipinski definition) is 6. The highest BCUT2D eigenvalue weighted by molar-refractivity contribution is 7.87. The molecular formula is C20H32N4O5S. The second-order valence-electron chi connectivity index (χ2n) is 7.47. The molecule has 2 saturated heterocycles. The molecule has 3 rings (SSSR count). The first-order valence-electron chi connectivity index (χ1n) is 10.5. The van der Waals surface area contributed by atoms with E-state index in [1.807, 2.05) is 24.3 Å². The fourth-order valence-electron chi connectivity index (χ4n) is 3.96. The van der Waals surface area contributed by atoms with Gasteiger partial charge in [0.05, 0.1) is 13.7 Å². The molecule has 1 atom stereocenters. The van der Waals surface area contributed by atoms with Crippen molar-refractivity contribution in [2.24, 2.45) is 0 Å². The van der Waals surface area contributed by atoms with E-state index in [1.54, 1.807) is 18.9 Å². The lowest BCUT2D eigenvalue weighted by molar-refractivity contribution is 0.0931. The van der Waals surface area contributed by atoms with Gasteiger partial charge in [0.15, 0.2) is 0 Å². The molecule has 0 unspecified atom stereocenters. The predicted molar refractivity (Wildman–Crippen MR) is 114 cm³/mol. The lowest BCUT2D eigenvalue weighted by Gasteiger charge is -2.34. The number of rotatable bonds is 8. The van der Waals surface area contributed by atoms with Gasteiger partial charge in [-0.05, 0) is 50.6 Å². The lowest BCUT2D eigenvalue weighted by Crippen LogP contribution is -2.54. The third kappa shape index (κ3) is 5.63. The number of amides is 1. The average molecular weight is 441 g/mol. The fourth-order valence-corrected chi connectivity index (χ4v) is 5.16. The van der Waals surface area contributed by atoms with Crippen LogP contribution < -0.4 is 9.46 Å². The number of hydrogen-bond donors (Lipinski definition) is 1. The zero-order valence-corrected chi connectivity index (χ0v) is 18.6. The van der Waals surface area contributed by atoms with Crippen LogP contribution in [0, 0.1) is 0 Å². The topological polar surface area (TPSA) is 91.4 Å². The van der Waals surface area contributed by atoms with E-state index in [-0.39, 0.29) is 25.7 Å². The Morgan fingerprint density at radius 2 is 1.83 bits per heavy atom. The number of piperazine rings is 1. The molecular weight excluding hydrogens is 408 g/mol. The molecule has 10 heteroatoms. The van der Waals surface area contributed by atoms with Crippen molar-refractivity contribution in [2.75, 3.05) is 59.5 Å². The third-order valence-corrected chi connectivity index (χ3v) is 7.20. The van der Waals surface area contributed by atoms with Gasteiger partial charge in [0, 0.05) is 38.8 Å². The van der Waals surface area contributed by atoms with E-state index < -0.39 is 16.3 Å². The first-order chi connectivity index (χ1) is 14.4. The number of benzene rings is 1. The first-order valence-corrected chi connectivity index (χ1v) is 11.9. The molecule has 0 radical (unpaired) electrons. The van der Waals surface area contributed by atoms with Gasteiger partial charge in [0.1, 0.15) is 5.75 Å². The molecule has 1 aromatic carbocycles. The van der Waals surface area contributed by atoms with Gasteiger partial charge in [-0.2, -0.15) is 12.7 Å². The van der Waals surface area contributed by atoms with Crippen LogP contribution >= 0.6 is 0 Å². The molecule has 1 aromatic rings. The SMILES string of the molecule is CCOC(=O)N1CCN(S(=O)(=O)NC[C@H](c2cccc(OC)c2)N2CCCC2)CC1. The molecule has 2 fully saturated rings. The minimum atomic E-state index is -3.65. The van der Waals surface area contributed by atoms with Crippen LogP contribution in [0.5, 0.6) is 5.75 Å². The molecule has 9 nitrogen and oxygen atoms in total. The highest BCUT2D eigenvalue weighted by atomic mass is 32.2. The van der Waals surface area contributed by atoms with Crippen LogP contribution in [0.4, 0.5) is 4.79 Å². The Balaban J connectivity index is 1.63. The molecule has 0 aromatic heterocycles. The highest BCUT2D eigenvalue weighted by Gasteiger charge is 2.31. The maximum atomic E-state index is 12.9. The summed E-state index contributed by atoms with van der Waals surface area (Å²) in [5, 5.41) is 0. The van der Waals surface area contributed by atoms with Gasteiger partial charge in [-0.1, -0.05) is 12.1 Å². The number of likely N-dealkylation sites (tertiary alicyclic amines) is 1. The van der Waals surface area contributed by atoms with Gasteiger partial charge < -0.3 is 14.4 Å². The molecule has 2 aliphatic rings. The Labute approximate surface area is 179 Å². The van der Waals surface area contributed by atoms with Crippen LogP contribution in [-0.2, 0) is 14.9 Å².